The predicted octanol–water partition coefficient (Wildman–Crippen LogP) is 4.25. The van der Waals surface area contributed by atoms with Gasteiger partial charge < -0.3 is 5.32 Å². The van der Waals surface area contributed by atoms with Crippen LogP contribution < -0.4 is 10.9 Å². The van der Waals surface area contributed by atoms with Crippen LogP contribution in [0.2, 0.25) is 0 Å². The van der Waals surface area contributed by atoms with Crippen LogP contribution in [-0.4, -0.2) is 26.8 Å². The Morgan fingerprint density at radius 2 is 2.21 bits per heavy atom. The summed E-state index contributed by atoms with van der Waals surface area (Å²) < 4.78 is 2.51. The molecule has 1 aromatic heterocycles. The second-order valence-corrected chi connectivity index (χ2v) is 9.50. The fraction of sp³-hybridized carbons (Fsp3) is 0.524. The minimum Gasteiger partial charge on any atom is -0.337 e. The van der Waals surface area contributed by atoms with Crippen molar-refractivity contribution in [3.05, 3.63) is 33.0 Å². The number of fused-ring (bicyclic) bond motifs is 1. The lowest BCUT2D eigenvalue weighted by atomic mass is 9.98. The molecule has 0 spiro atoms. The molecule has 1 atom stereocenters. The van der Waals surface area contributed by atoms with E-state index in [1.807, 2.05) is 6.07 Å². The van der Waals surface area contributed by atoms with Gasteiger partial charge in [0.25, 0.3) is 5.56 Å². The van der Waals surface area contributed by atoms with Crippen molar-refractivity contribution >= 4 is 44.5 Å². The Kier molecular flexibility index (Phi) is 7.01. The quantitative estimate of drug-likeness (QED) is 0.332. The van der Waals surface area contributed by atoms with Crippen LogP contribution in [0.3, 0.4) is 0 Å². The van der Waals surface area contributed by atoms with Gasteiger partial charge in [-0.25, -0.2) is 4.98 Å². The first-order valence-corrected chi connectivity index (χ1v) is 11.7. The normalized spacial score (nSPS) is 15.7. The number of aromatic nitrogens is 2. The fourth-order valence-electron chi connectivity index (χ4n) is 3.34. The van der Waals surface area contributed by atoms with Gasteiger partial charge in [-0.15, -0.1) is 0 Å². The number of carbonyl (C=O) groups excluding carboxylic acids is 1. The van der Waals surface area contributed by atoms with Crippen molar-refractivity contribution in [1.29, 1.82) is 5.26 Å². The highest BCUT2D eigenvalue weighted by Gasteiger charge is 2.42. The minimum atomic E-state index is -0.818. The number of carbonyl (C=O) groups is 1. The molecule has 1 saturated carbocycles. The molecule has 1 N–H and O–H groups in total. The number of benzene rings is 1. The maximum absolute atomic E-state index is 13.1. The summed E-state index contributed by atoms with van der Waals surface area (Å²) in [5.74, 6) is 0.133. The second-order valence-electron chi connectivity index (χ2n) is 7.65. The highest BCUT2D eigenvalue weighted by molar-refractivity contribution is 9.10. The van der Waals surface area contributed by atoms with Crippen LogP contribution in [0, 0.1) is 17.2 Å². The molecule has 8 heteroatoms. The Morgan fingerprint density at radius 1 is 1.45 bits per heavy atom. The molecule has 2 aromatic rings. The Hall–Kier alpha value is -1.85. The number of halogens is 1. The van der Waals surface area contributed by atoms with Crippen molar-refractivity contribution in [2.75, 3.05) is 5.75 Å². The highest BCUT2D eigenvalue weighted by Crippen LogP contribution is 2.39. The van der Waals surface area contributed by atoms with E-state index in [9.17, 15) is 14.9 Å². The molecular formula is C21H25BrN4O2S. The summed E-state index contributed by atoms with van der Waals surface area (Å²) in [6.07, 6.45) is 4.90. The second kappa shape index (κ2) is 9.31. The van der Waals surface area contributed by atoms with Gasteiger partial charge in [0.1, 0.15) is 5.54 Å². The standard InChI is InChI=1S/C21H25BrN4O2S/c1-3-4-5-10-26-19(28)16-11-15(22)8-9-17(16)24-20(26)29-12-18(27)25-21(2,13-23)14-6-7-14/h8-9,11,14H,3-7,10,12H2,1-2H3,(H,25,27). The third kappa shape index (κ3) is 5.20. The summed E-state index contributed by atoms with van der Waals surface area (Å²) in [6, 6.07) is 7.68. The number of nitrogens with one attached hydrogen (secondary N) is 1. The number of hydrogen-bond donors (Lipinski definition) is 1. The maximum Gasteiger partial charge on any atom is 0.262 e. The Labute approximate surface area is 183 Å². The van der Waals surface area contributed by atoms with Crippen molar-refractivity contribution in [2.45, 2.75) is 63.2 Å². The van der Waals surface area contributed by atoms with Gasteiger partial charge in [-0.3, -0.25) is 14.2 Å². The smallest absolute Gasteiger partial charge is 0.262 e. The van der Waals surface area contributed by atoms with Crippen molar-refractivity contribution in [1.82, 2.24) is 14.9 Å². The number of amides is 1. The van der Waals surface area contributed by atoms with Crippen molar-refractivity contribution in [2.24, 2.45) is 5.92 Å². The summed E-state index contributed by atoms with van der Waals surface area (Å²) in [5, 5.41) is 13.4. The lowest BCUT2D eigenvalue weighted by molar-refractivity contribution is -0.119. The summed E-state index contributed by atoms with van der Waals surface area (Å²) in [7, 11) is 0. The first kappa shape index (κ1) is 21.8. The van der Waals surface area contributed by atoms with Gasteiger partial charge in [-0.1, -0.05) is 47.5 Å². The predicted molar refractivity (Wildman–Crippen MR) is 119 cm³/mol. The Bertz CT molecular complexity index is 1010. The summed E-state index contributed by atoms with van der Waals surface area (Å²) in [4.78, 5) is 30.2. The molecule has 0 radical (unpaired) electrons. The fourth-order valence-corrected chi connectivity index (χ4v) is 4.52. The Balaban J connectivity index is 1.82. The molecule has 1 amide bonds. The summed E-state index contributed by atoms with van der Waals surface area (Å²) in [6.45, 7) is 4.47. The largest absolute Gasteiger partial charge is 0.337 e. The molecule has 6 nitrogen and oxygen atoms in total. The van der Waals surface area contributed by atoms with Gasteiger partial charge in [-0.05, 0) is 50.3 Å². The number of nitriles is 1. The van der Waals surface area contributed by atoms with E-state index >= 15 is 0 Å². The zero-order valence-corrected chi connectivity index (χ0v) is 19.1. The molecule has 1 aliphatic carbocycles. The van der Waals surface area contributed by atoms with Gasteiger partial charge in [0.2, 0.25) is 5.91 Å². The van der Waals surface area contributed by atoms with E-state index in [4.69, 9.17) is 0 Å². The van der Waals surface area contributed by atoms with Crippen LogP contribution in [0.4, 0.5) is 0 Å². The minimum absolute atomic E-state index is 0.0878. The van der Waals surface area contributed by atoms with E-state index in [0.717, 1.165) is 36.6 Å². The molecular weight excluding hydrogens is 452 g/mol. The Morgan fingerprint density at radius 3 is 2.86 bits per heavy atom. The SMILES string of the molecule is CCCCCn1c(SCC(=O)NC(C)(C#N)C2CC2)nc2ccc(Br)cc2c1=O. The third-order valence-corrected chi connectivity index (χ3v) is 6.69. The maximum atomic E-state index is 13.1. The molecule has 1 aliphatic rings. The molecule has 1 unspecified atom stereocenters. The van der Waals surface area contributed by atoms with E-state index in [0.29, 0.717) is 22.6 Å². The average Bonchev–Trinajstić information content (AvgIpc) is 3.54. The van der Waals surface area contributed by atoms with Crippen molar-refractivity contribution < 1.29 is 4.79 Å². The average molecular weight is 477 g/mol. The van der Waals surface area contributed by atoms with E-state index in [2.05, 4.69) is 39.2 Å². The molecule has 0 saturated heterocycles. The van der Waals surface area contributed by atoms with Crippen LogP contribution >= 0.6 is 27.7 Å². The zero-order valence-electron chi connectivity index (χ0n) is 16.7. The van der Waals surface area contributed by atoms with Gasteiger partial charge in [0.05, 0.1) is 22.7 Å². The van der Waals surface area contributed by atoms with Crippen LogP contribution in [-0.2, 0) is 11.3 Å². The van der Waals surface area contributed by atoms with Gasteiger partial charge in [-0.2, -0.15) is 5.26 Å². The number of thioether (sulfide) groups is 1. The molecule has 3 rings (SSSR count). The third-order valence-electron chi connectivity index (χ3n) is 5.22. The van der Waals surface area contributed by atoms with Gasteiger partial charge >= 0.3 is 0 Å². The number of rotatable bonds is 9. The first-order chi connectivity index (χ1) is 13.9. The van der Waals surface area contributed by atoms with Crippen molar-refractivity contribution in [3.63, 3.8) is 0 Å². The lowest BCUT2D eigenvalue weighted by Gasteiger charge is -2.22. The van der Waals surface area contributed by atoms with E-state index < -0.39 is 5.54 Å². The molecule has 0 bridgehead atoms. The molecule has 1 fully saturated rings. The van der Waals surface area contributed by atoms with Crippen LogP contribution in [0.15, 0.2) is 32.6 Å². The number of unbranched alkanes of at least 4 members (excludes halogenated alkanes) is 2. The zero-order chi connectivity index (χ0) is 21.0. The number of hydrogen-bond acceptors (Lipinski definition) is 5. The van der Waals surface area contributed by atoms with E-state index in [-0.39, 0.29) is 23.1 Å². The van der Waals surface area contributed by atoms with E-state index in [1.54, 1.807) is 23.6 Å². The summed E-state index contributed by atoms with van der Waals surface area (Å²) in [5.41, 5.74) is -0.288. The highest BCUT2D eigenvalue weighted by atomic mass is 79.9. The van der Waals surface area contributed by atoms with Gasteiger partial charge in [0, 0.05) is 11.0 Å². The monoisotopic (exact) mass is 476 g/mol. The molecule has 1 heterocycles. The molecule has 29 heavy (non-hydrogen) atoms. The molecule has 154 valence electrons. The number of nitrogens with zero attached hydrogens (tertiary/aromatic N) is 3. The van der Waals surface area contributed by atoms with Crippen LogP contribution in [0.25, 0.3) is 10.9 Å². The van der Waals surface area contributed by atoms with Crippen LogP contribution in [0.1, 0.15) is 46.0 Å². The lowest BCUT2D eigenvalue weighted by Crippen LogP contribution is -2.47. The summed E-state index contributed by atoms with van der Waals surface area (Å²) >= 11 is 4.66. The first-order valence-electron chi connectivity index (χ1n) is 9.93. The molecule has 1 aromatic carbocycles. The molecule has 0 aliphatic heterocycles. The topological polar surface area (TPSA) is 87.8 Å². The van der Waals surface area contributed by atoms with Crippen molar-refractivity contribution in [3.8, 4) is 6.07 Å². The van der Waals surface area contributed by atoms with Gasteiger partial charge in [0.15, 0.2) is 5.16 Å². The van der Waals surface area contributed by atoms with E-state index in [1.165, 1.54) is 11.8 Å². The van der Waals surface area contributed by atoms with Crippen LogP contribution in [0.5, 0.6) is 0 Å².